The summed E-state index contributed by atoms with van der Waals surface area (Å²) in [6.45, 7) is 10.2. The van der Waals surface area contributed by atoms with Crippen LogP contribution in [0.1, 0.15) is 46.5 Å². The first kappa shape index (κ1) is 15.5. The summed E-state index contributed by atoms with van der Waals surface area (Å²) < 4.78 is 0. The van der Waals surface area contributed by atoms with Crippen molar-refractivity contribution in [2.75, 3.05) is 32.7 Å². The second-order valence-corrected chi connectivity index (χ2v) is 6.90. The molecule has 2 heterocycles. The highest BCUT2D eigenvalue weighted by atomic mass is 16.2. The van der Waals surface area contributed by atoms with Crippen molar-refractivity contribution in [3.8, 4) is 0 Å². The van der Waals surface area contributed by atoms with E-state index in [4.69, 9.17) is 0 Å². The van der Waals surface area contributed by atoms with Crippen LogP contribution in [0.5, 0.6) is 0 Å². The van der Waals surface area contributed by atoms with Gasteiger partial charge in [0.1, 0.15) is 5.78 Å². The third-order valence-electron chi connectivity index (χ3n) is 5.21. The Hall–Kier alpha value is -0.900. The van der Waals surface area contributed by atoms with Crippen LogP contribution in [0, 0.1) is 11.3 Å². The van der Waals surface area contributed by atoms with E-state index in [1.54, 1.807) is 6.92 Å². The number of likely N-dealkylation sites (tertiary alicyclic amines) is 2. The summed E-state index contributed by atoms with van der Waals surface area (Å²) in [5.41, 5.74) is 0.434. The molecule has 0 bridgehead atoms. The van der Waals surface area contributed by atoms with Crippen LogP contribution in [-0.2, 0) is 9.59 Å². The molecule has 0 N–H and O–H groups in total. The molecule has 2 saturated heterocycles. The summed E-state index contributed by atoms with van der Waals surface area (Å²) in [5, 5.41) is 0. The molecule has 4 heteroatoms. The molecule has 0 aromatic carbocycles. The lowest BCUT2D eigenvalue weighted by molar-refractivity contribution is -0.132. The zero-order valence-electron chi connectivity index (χ0n) is 13.2. The van der Waals surface area contributed by atoms with E-state index in [1.807, 2.05) is 18.7 Å². The Morgan fingerprint density at radius 2 is 1.50 bits per heavy atom. The molecule has 0 radical (unpaired) electrons. The summed E-state index contributed by atoms with van der Waals surface area (Å²) in [6.07, 6.45) is 4.64. The molecule has 0 unspecified atom stereocenters. The first-order chi connectivity index (χ1) is 9.42. The van der Waals surface area contributed by atoms with Crippen molar-refractivity contribution >= 4 is 11.7 Å². The van der Waals surface area contributed by atoms with Crippen molar-refractivity contribution in [2.45, 2.75) is 46.5 Å². The Balaban J connectivity index is 1.80. The number of ketones is 1. The van der Waals surface area contributed by atoms with Crippen molar-refractivity contribution in [1.82, 2.24) is 9.80 Å². The maximum atomic E-state index is 11.8. The molecule has 0 aromatic rings. The minimum absolute atomic E-state index is 0.143. The molecule has 20 heavy (non-hydrogen) atoms. The van der Waals surface area contributed by atoms with E-state index in [9.17, 15) is 9.59 Å². The number of carbonyl (C=O) groups is 2. The van der Waals surface area contributed by atoms with Crippen LogP contribution in [0.4, 0.5) is 0 Å². The molecule has 1 spiro atoms. The topological polar surface area (TPSA) is 40.6 Å². The molecule has 4 nitrogen and oxygen atoms in total. The Bertz CT molecular complexity index is 361. The molecule has 2 fully saturated rings. The molecule has 0 atom stereocenters. The smallest absolute Gasteiger partial charge is 0.219 e. The fourth-order valence-electron chi connectivity index (χ4n) is 3.38. The van der Waals surface area contributed by atoms with Gasteiger partial charge in [-0.15, -0.1) is 0 Å². The van der Waals surface area contributed by atoms with Crippen LogP contribution in [0.3, 0.4) is 0 Å². The first-order valence-corrected chi connectivity index (χ1v) is 7.92. The molecule has 0 aromatic heterocycles. The van der Waals surface area contributed by atoms with Crippen LogP contribution in [-0.4, -0.2) is 54.2 Å². The predicted molar refractivity (Wildman–Crippen MR) is 79.4 cm³/mol. The van der Waals surface area contributed by atoms with E-state index in [0.29, 0.717) is 17.7 Å². The molecule has 0 saturated carbocycles. The quantitative estimate of drug-likeness (QED) is 0.793. The lowest BCUT2D eigenvalue weighted by Gasteiger charge is -2.46. The largest absolute Gasteiger partial charge is 0.343 e. The standard InChI is InChI=1S/C16H28N2O2/c1-13(2)15(20)12-17-8-4-16(5-9-17)6-10-18(11-7-16)14(3)19/h13H,4-12H2,1-3H3. The number of nitrogens with zero attached hydrogens (tertiary/aromatic N) is 2. The van der Waals surface area contributed by atoms with E-state index < -0.39 is 0 Å². The number of hydrogen-bond acceptors (Lipinski definition) is 3. The first-order valence-electron chi connectivity index (χ1n) is 7.92. The van der Waals surface area contributed by atoms with Crippen molar-refractivity contribution < 1.29 is 9.59 Å². The van der Waals surface area contributed by atoms with Gasteiger partial charge in [-0.05, 0) is 44.2 Å². The molecule has 2 aliphatic rings. The molecule has 114 valence electrons. The van der Waals surface area contributed by atoms with Gasteiger partial charge in [-0.3, -0.25) is 14.5 Å². The summed E-state index contributed by atoms with van der Waals surface area (Å²) in [6, 6.07) is 0. The van der Waals surface area contributed by atoms with E-state index in [2.05, 4.69) is 4.90 Å². The average molecular weight is 280 g/mol. The van der Waals surface area contributed by atoms with Gasteiger partial charge in [0.15, 0.2) is 0 Å². The number of carbonyl (C=O) groups excluding carboxylic acids is 2. The number of rotatable bonds is 3. The Morgan fingerprint density at radius 3 is 1.95 bits per heavy atom. The summed E-state index contributed by atoms with van der Waals surface area (Å²) in [4.78, 5) is 27.5. The van der Waals surface area contributed by atoms with Crippen molar-refractivity contribution in [1.29, 1.82) is 0 Å². The van der Waals surface area contributed by atoms with Crippen molar-refractivity contribution in [3.63, 3.8) is 0 Å². The van der Waals surface area contributed by atoms with Gasteiger partial charge in [0, 0.05) is 25.9 Å². The molecular weight excluding hydrogens is 252 g/mol. The highest BCUT2D eigenvalue weighted by Gasteiger charge is 2.38. The lowest BCUT2D eigenvalue weighted by Crippen LogP contribution is -2.48. The van der Waals surface area contributed by atoms with Gasteiger partial charge in [-0.25, -0.2) is 0 Å². The number of piperidine rings is 2. The maximum absolute atomic E-state index is 11.8. The molecule has 2 rings (SSSR count). The Kier molecular flexibility index (Phi) is 4.84. The van der Waals surface area contributed by atoms with Gasteiger partial charge < -0.3 is 4.90 Å². The zero-order chi connectivity index (χ0) is 14.8. The van der Waals surface area contributed by atoms with Crippen molar-refractivity contribution in [3.05, 3.63) is 0 Å². The third kappa shape index (κ3) is 3.60. The molecular formula is C16H28N2O2. The van der Waals surface area contributed by atoms with Gasteiger partial charge in [0.2, 0.25) is 5.91 Å². The number of hydrogen-bond donors (Lipinski definition) is 0. The van der Waals surface area contributed by atoms with Crippen LogP contribution < -0.4 is 0 Å². The van der Waals surface area contributed by atoms with Gasteiger partial charge in [0.05, 0.1) is 6.54 Å². The fraction of sp³-hybridized carbons (Fsp3) is 0.875. The van der Waals surface area contributed by atoms with Crippen LogP contribution in [0.25, 0.3) is 0 Å². The minimum atomic E-state index is 0.143. The predicted octanol–water partition coefficient (Wildman–Crippen LogP) is 1.94. The van der Waals surface area contributed by atoms with Crippen LogP contribution in [0.2, 0.25) is 0 Å². The SMILES string of the molecule is CC(=O)N1CCC2(CCN(CC(=O)C(C)C)CC2)CC1. The highest BCUT2D eigenvalue weighted by Crippen LogP contribution is 2.41. The number of amides is 1. The van der Waals surface area contributed by atoms with E-state index in [1.165, 1.54) is 12.8 Å². The lowest BCUT2D eigenvalue weighted by atomic mass is 9.71. The molecule has 1 amide bonds. The molecule has 2 aliphatic heterocycles. The van der Waals surface area contributed by atoms with Crippen LogP contribution >= 0.6 is 0 Å². The normalized spacial score (nSPS) is 23.3. The maximum Gasteiger partial charge on any atom is 0.219 e. The van der Waals surface area contributed by atoms with Crippen LogP contribution in [0.15, 0.2) is 0 Å². The Morgan fingerprint density at radius 1 is 1.00 bits per heavy atom. The zero-order valence-corrected chi connectivity index (χ0v) is 13.2. The highest BCUT2D eigenvalue weighted by molar-refractivity contribution is 5.82. The second-order valence-electron chi connectivity index (χ2n) is 6.90. The summed E-state index contributed by atoms with van der Waals surface area (Å²) >= 11 is 0. The van der Waals surface area contributed by atoms with E-state index in [-0.39, 0.29) is 11.8 Å². The fourth-order valence-corrected chi connectivity index (χ4v) is 3.38. The van der Waals surface area contributed by atoms with Gasteiger partial charge in [-0.2, -0.15) is 0 Å². The summed E-state index contributed by atoms with van der Waals surface area (Å²) in [7, 11) is 0. The summed E-state index contributed by atoms with van der Waals surface area (Å²) in [5.74, 6) is 0.705. The van der Waals surface area contributed by atoms with E-state index >= 15 is 0 Å². The number of Topliss-reactive ketones (excluding diaryl/α,β-unsaturated/α-hetero) is 1. The average Bonchev–Trinajstić information content (AvgIpc) is 2.42. The minimum Gasteiger partial charge on any atom is -0.343 e. The Labute approximate surface area is 122 Å². The third-order valence-corrected chi connectivity index (χ3v) is 5.21. The molecule has 0 aliphatic carbocycles. The second kappa shape index (κ2) is 6.25. The van der Waals surface area contributed by atoms with E-state index in [0.717, 1.165) is 39.0 Å². The van der Waals surface area contributed by atoms with Gasteiger partial charge in [0.25, 0.3) is 0 Å². The van der Waals surface area contributed by atoms with Gasteiger partial charge in [-0.1, -0.05) is 13.8 Å². The van der Waals surface area contributed by atoms with Gasteiger partial charge >= 0.3 is 0 Å². The monoisotopic (exact) mass is 280 g/mol. The van der Waals surface area contributed by atoms with Crippen molar-refractivity contribution in [2.24, 2.45) is 11.3 Å².